The van der Waals surface area contributed by atoms with Gasteiger partial charge < -0.3 is 19.3 Å². The molecule has 0 spiro atoms. The number of carbonyl (C=O) groups is 1. The maximum absolute atomic E-state index is 12.9. The lowest BCUT2D eigenvalue weighted by Crippen LogP contribution is -2.38. The molecule has 2 aromatic carbocycles. The average Bonchev–Trinajstić information content (AvgIpc) is 3.29. The van der Waals surface area contributed by atoms with Crippen molar-refractivity contribution in [2.45, 2.75) is 12.5 Å². The Balaban J connectivity index is 1.68. The first kappa shape index (κ1) is 24.8. The van der Waals surface area contributed by atoms with E-state index in [0.717, 1.165) is 16.7 Å². The fraction of sp³-hybridized carbons (Fsp3) is 0.172. The molecule has 0 radical (unpaired) electrons. The number of aromatic amines is 1. The third-order valence-corrected chi connectivity index (χ3v) is 6.50. The first-order valence-electron chi connectivity index (χ1n) is 12.1. The Morgan fingerprint density at radius 1 is 1.21 bits per heavy atom. The van der Waals surface area contributed by atoms with Crippen LogP contribution in [0.4, 0.5) is 5.95 Å². The number of carbonyl (C=O) groups excluding carboxylic acids is 1. The topological polar surface area (TPSA) is 116 Å². The minimum Gasteiger partial charge on any atom is -0.501 e. The molecule has 192 valence electrons. The van der Waals surface area contributed by atoms with Gasteiger partial charge in [-0.15, -0.1) is 0 Å². The molecule has 4 aromatic rings. The van der Waals surface area contributed by atoms with Crippen LogP contribution >= 0.6 is 0 Å². The number of aromatic hydroxyl groups is 1. The number of aromatic nitrogens is 3. The van der Waals surface area contributed by atoms with E-state index in [9.17, 15) is 14.7 Å². The van der Waals surface area contributed by atoms with E-state index in [4.69, 9.17) is 4.42 Å². The molecule has 0 saturated heterocycles. The highest BCUT2D eigenvalue weighted by molar-refractivity contribution is 5.94. The zero-order valence-corrected chi connectivity index (χ0v) is 21.1. The number of nitrogens with zero attached hydrogens (tertiary/aromatic N) is 4. The predicted molar refractivity (Wildman–Crippen MR) is 145 cm³/mol. The molecule has 1 amide bonds. The van der Waals surface area contributed by atoms with Gasteiger partial charge in [-0.3, -0.25) is 14.6 Å². The lowest BCUT2D eigenvalue weighted by Gasteiger charge is -2.38. The summed E-state index contributed by atoms with van der Waals surface area (Å²) < 4.78 is 5.71. The Morgan fingerprint density at radius 2 is 1.97 bits per heavy atom. The van der Waals surface area contributed by atoms with Crippen LogP contribution in [0.3, 0.4) is 0 Å². The number of anilines is 1. The number of H-pyrrole nitrogens is 1. The highest BCUT2D eigenvalue weighted by atomic mass is 16.3. The number of amides is 1. The van der Waals surface area contributed by atoms with Gasteiger partial charge in [-0.05, 0) is 41.3 Å². The molecule has 1 unspecified atom stereocenters. The van der Waals surface area contributed by atoms with Crippen LogP contribution in [0.1, 0.15) is 33.1 Å². The van der Waals surface area contributed by atoms with Crippen molar-refractivity contribution in [3.05, 3.63) is 105 Å². The van der Waals surface area contributed by atoms with E-state index in [0.29, 0.717) is 29.3 Å². The molecule has 1 aliphatic rings. The third kappa shape index (κ3) is 4.39. The van der Waals surface area contributed by atoms with Crippen LogP contribution in [-0.2, 0) is 6.42 Å². The fourth-order valence-electron chi connectivity index (χ4n) is 4.67. The number of rotatable bonds is 5. The summed E-state index contributed by atoms with van der Waals surface area (Å²) in [6.07, 6.45) is 3.78. The molecule has 2 aromatic heterocycles. The van der Waals surface area contributed by atoms with E-state index in [1.807, 2.05) is 53.4 Å². The maximum Gasteiger partial charge on any atom is 0.295 e. The Kier molecular flexibility index (Phi) is 6.42. The van der Waals surface area contributed by atoms with Gasteiger partial charge in [0, 0.05) is 26.2 Å². The van der Waals surface area contributed by atoms with Crippen molar-refractivity contribution in [2.75, 3.05) is 25.5 Å². The molecular weight excluding hydrogens is 482 g/mol. The van der Waals surface area contributed by atoms with Crippen molar-refractivity contribution in [3.8, 4) is 17.3 Å². The van der Waals surface area contributed by atoms with Crippen molar-refractivity contribution in [1.29, 1.82) is 0 Å². The highest BCUT2D eigenvalue weighted by Gasteiger charge is 2.32. The molecule has 1 aliphatic heterocycles. The van der Waals surface area contributed by atoms with Crippen LogP contribution in [0, 0.1) is 0 Å². The molecular formula is C29H27N5O4. The monoisotopic (exact) mass is 509 g/mol. The summed E-state index contributed by atoms with van der Waals surface area (Å²) in [6, 6.07) is 15.2. The SMILES string of the molecule is C=C/C=c1/oc(-c2nc(N3CCc4ccc(C(=O)N(C)C)cc4C3c3ccccc3)[nH]c(=O)c2O)nc1=C. The Bertz CT molecular complexity index is 1710. The lowest BCUT2D eigenvalue weighted by molar-refractivity contribution is 0.0827. The lowest BCUT2D eigenvalue weighted by atomic mass is 9.87. The third-order valence-electron chi connectivity index (χ3n) is 6.50. The number of benzene rings is 2. The first-order chi connectivity index (χ1) is 18.3. The van der Waals surface area contributed by atoms with E-state index in [-0.39, 0.29) is 29.5 Å². The summed E-state index contributed by atoms with van der Waals surface area (Å²) in [6.45, 7) is 8.02. The van der Waals surface area contributed by atoms with Crippen LogP contribution in [-0.4, -0.2) is 51.5 Å². The summed E-state index contributed by atoms with van der Waals surface area (Å²) >= 11 is 0. The fourth-order valence-corrected chi connectivity index (χ4v) is 4.67. The van der Waals surface area contributed by atoms with E-state index in [1.165, 1.54) is 11.0 Å². The summed E-state index contributed by atoms with van der Waals surface area (Å²) in [7, 11) is 3.43. The number of allylic oxidation sites excluding steroid dienone is 1. The highest BCUT2D eigenvalue weighted by Crippen LogP contribution is 2.38. The second-order valence-corrected chi connectivity index (χ2v) is 9.19. The van der Waals surface area contributed by atoms with Gasteiger partial charge in [0.05, 0.1) is 6.04 Å². The normalized spacial score (nSPS) is 15.3. The molecule has 38 heavy (non-hydrogen) atoms. The maximum atomic E-state index is 12.9. The molecule has 0 saturated carbocycles. The van der Waals surface area contributed by atoms with Gasteiger partial charge in [-0.25, -0.2) is 9.97 Å². The van der Waals surface area contributed by atoms with Gasteiger partial charge in [0.2, 0.25) is 17.6 Å². The van der Waals surface area contributed by atoms with E-state index in [1.54, 1.807) is 20.2 Å². The van der Waals surface area contributed by atoms with Crippen molar-refractivity contribution in [2.24, 2.45) is 0 Å². The van der Waals surface area contributed by atoms with Crippen molar-refractivity contribution in [1.82, 2.24) is 19.9 Å². The van der Waals surface area contributed by atoms with E-state index in [2.05, 4.69) is 28.1 Å². The van der Waals surface area contributed by atoms with E-state index >= 15 is 0 Å². The second-order valence-electron chi connectivity index (χ2n) is 9.19. The molecule has 9 nitrogen and oxygen atoms in total. The van der Waals surface area contributed by atoms with Gasteiger partial charge in [-0.2, -0.15) is 0 Å². The number of fused-ring (bicyclic) bond motifs is 1. The van der Waals surface area contributed by atoms with Crippen LogP contribution in [0.5, 0.6) is 5.75 Å². The second kappa shape index (κ2) is 9.85. The van der Waals surface area contributed by atoms with Crippen molar-refractivity contribution in [3.63, 3.8) is 0 Å². The predicted octanol–water partition coefficient (Wildman–Crippen LogP) is 2.36. The molecule has 0 aliphatic carbocycles. The zero-order chi connectivity index (χ0) is 27.0. The quantitative estimate of drug-likeness (QED) is 0.424. The summed E-state index contributed by atoms with van der Waals surface area (Å²) in [5, 5.41) is 10.9. The van der Waals surface area contributed by atoms with Crippen LogP contribution in [0.15, 0.2) is 70.4 Å². The smallest absolute Gasteiger partial charge is 0.295 e. The van der Waals surface area contributed by atoms with Gasteiger partial charge >= 0.3 is 0 Å². The standard InChI is InChI=1S/C29H27N5O4/c1-5-9-22-17(2)30-27(38-22)23-25(35)26(36)32-29(31-23)34-15-14-18-12-13-20(28(37)33(3)4)16-21(18)24(34)19-10-7-6-8-11-19/h5-13,16,24,35H,1-2,14-15H2,3-4H3,(H,31,32,36)/b22-9+. The Labute approximate surface area is 218 Å². The molecule has 2 N–H and O–H groups in total. The molecule has 1 atom stereocenters. The van der Waals surface area contributed by atoms with Gasteiger partial charge in [0.25, 0.3) is 11.5 Å². The molecule has 0 fully saturated rings. The van der Waals surface area contributed by atoms with Gasteiger partial charge in [0.15, 0.2) is 11.1 Å². The largest absolute Gasteiger partial charge is 0.501 e. The van der Waals surface area contributed by atoms with Gasteiger partial charge in [-0.1, -0.05) is 55.6 Å². The summed E-state index contributed by atoms with van der Waals surface area (Å²) in [5.41, 5.74) is 3.10. The minimum absolute atomic E-state index is 0.0273. The molecule has 5 rings (SSSR count). The summed E-state index contributed by atoms with van der Waals surface area (Å²) in [5.74, 6) is -0.493. The number of oxazole rings is 1. The number of hydrogen-bond acceptors (Lipinski definition) is 7. The Hall–Kier alpha value is -4.92. The zero-order valence-electron chi connectivity index (χ0n) is 21.1. The average molecular weight is 510 g/mol. The van der Waals surface area contributed by atoms with Crippen LogP contribution in [0.2, 0.25) is 0 Å². The van der Waals surface area contributed by atoms with Gasteiger partial charge in [0.1, 0.15) is 5.35 Å². The van der Waals surface area contributed by atoms with Crippen LogP contribution < -0.4 is 21.2 Å². The summed E-state index contributed by atoms with van der Waals surface area (Å²) in [4.78, 5) is 40.7. The minimum atomic E-state index is -0.725. The first-order valence-corrected chi connectivity index (χ1v) is 12.1. The van der Waals surface area contributed by atoms with E-state index < -0.39 is 11.3 Å². The molecule has 3 heterocycles. The number of hydrogen-bond donors (Lipinski definition) is 2. The van der Waals surface area contributed by atoms with Crippen molar-refractivity contribution >= 4 is 24.5 Å². The van der Waals surface area contributed by atoms with Crippen molar-refractivity contribution < 1.29 is 14.3 Å². The van der Waals surface area contributed by atoms with Crippen LogP contribution in [0.25, 0.3) is 24.2 Å². The molecule has 0 bridgehead atoms. The molecule has 9 heteroatoms. The Morgan fingerprint density at radius 3 is 2.68 bits per heavy atom. The number of nitrogens with one attached hydrogen (secondary N) is 1.